The van der Waals surface area contributed by atoms with Gasteiger partial charge in [-0.25, -0.2) is 0 Å². The third kappa shape index (κ3) is 5.54. The van der Waals surface area contributed by atoms with Crippen molar-refractivity contribution in [3.05, 3.63) is 34.9 Å². The van der Waals surface area contributed by atoms with Crippen molar-refractivity contribution in [2.24, 2.45) is 5.92 Å². The van der Waals surface area contributed by atoms with Crippen LogP contribution in [0, 0.1) is 5.92 Å². The van der Waals surface area contributed by atoms with E-state index in [1.807, 2.05) is 0 Å². The van der Waals surface area contributed by atoms with E-state index in [9.17, 15) is 9.59 Å². The summed E-state index contributed by atoms with van der Waals surface area (Å²) in [5, 5.41) is 3.63. The largest absolute Gasteiger partial charge is 0.452 e. The van der Waals surface area contributed by atoms with E-state index in [1.54, 1.807) is 31.2 Å². The number of hydrogen-bond acceptors (Lipinski definition) is 3. The SMILES string of the molecule is C[C@@H](OC(=O)Cc1ccc(Cl)cc1)C(=O)N[C@@H]1CCCC[C@@H]1C. The normalized spacial score (nSPS) is 22.2. The molecule has 0 heterocycles. The second kappa shape index (κ2) is 8.34. The van der Waals surface area contributed by atoms with E-state index in [-0.39, 0.29) is 18.4 Å². The van der Waals surface area contributed by atoms with Gasteiger partial charge in [-0.15, -0.1) is 0 Å². The van der Waals surface area contributed by atoms with Gasteiger partial charge in [-0.05, 0) is 43.4 Å². The van der Waals surface area contributed by atoms with E-state index < -0.39 is 12.1 Å². The number of esters is 1. The van der Waals surface area contributed by atoms with Crippen LogP contribution in [-0.2, 0) is 20.7 Å². The average molecular weight is 338 g/mol. The summed E-state index contributed by atoms with van der Waals surface area (Å²) >= 11 is 5.81. The fourth-order valence-corrected chi connectivity index (χ4v) is 3.02. The molecule has 1 N–H and O–H groups in total. The number of ether oxygens (including phenoxy) is 1. The molecule has 1 aromatic rings. The first kappa shape index (κ1) is 17.8. The number of carbonyl (C=O) groups is 2. The molecule has 2 rings (SSSR count). The molecule has 0 spiro atoms. The van der Waals surface area contributed by atoms with Crippen LogP contribution in [0.4, 0.5) is 0 Å². The number of nitrogens with one attached hydrogen (secondary N) is 1. The molecule has 1 aliphatic rings. The van der Waals surface area contributed by atoms with Crippen LogP contribution in [0.3, 0.4) is 0 Å². The maximum absolute atomic E-state index is 12.2. The minimum absolute atomic E-state index is 0.134. The smallest absolute Gasteiger partial charge is 0.311 e. The van der Waals surface area contributed by atoms with Crippen LogP contribution in [0.25, 0.3) is 0 Å². The van der Waals surface area contributed by atoms with Crippen LogP contribution >= 0.6 is 11.6 Å². The van der Waals surface area contributed by atoms with Crippen molar-refractivity contribution in [1.82, 2.24) is 5.32 Å². The van der Waals surface area contributed by atoms with Gasteiger partial charge in [-0.2, -0.15) is 0 Å². The van der Waals surface area contributed by atoms with Crippen molar-refractivity contribution >= 4 is 23.5 Å². The second-order valence-corrected chi connectivity index (χ2v) is 6.75. The summed E-state index contributed by atoms with van der Waals surface area (Å²) in [6.45, 7) is 3.77. The van der Waals surface area contributed by atoms with Crippen molar-refractivity contribution in [2.45, 2.75) is 58.1 Å². The molecular formula is C18H24ClNO3. The fraction of sp³-hybridized carbons (Fsp3) is 0.556. The summed E-state index contributed by atoms with van der Waals surface area (Å²) < 4.78 is 5.24. The Kier molecular flexibility index (Phi) is 6.46. The van der Waals surface area contributed by atoms with Gasteiger partial charge < -0.3 is 10.1 Å². The highest BCUT2D eigenvalue weighted by molar-refractivity contribution is 6.30. The second-order valence-electron chi connectivity index (χ2n) is 6.31. The molecule has 4 nitrogen and oxygen atoms in total. The Bertz CT molecular complexity index is 544. The van der Waals surface area contributed by atoms with Crippen LogP contribution in [0.5, 0.6) is 0 Å². The molecule has 0 aromatic heterocycles. The zero-order valence-electron chi connectivity index (χ0n) is 13.7. The molecule has 5 heteroatoms. The molecule has 1 aliphatic carbocycles. The summed E-state index contributed by atoms with van der Waals surface area (Å²) in [4.78, 5) is 24.1. The lowest BCUT2D eigenvalue weighted by molar-refractivity contribution is -0.154. The standard InChI is InChI=1S/C18H24ClNO3/c1-12-5-3-4-6-16(12)20-18(22)13(2)23-17(21)11-14-7-9-15(19)10-8-14/h7-10,12-13,16H,3-6,11H2,1-2H3,(H,20,22)/t12-,13+,16+/m0/s1. The van der Waals surface area contributed by atoms with E-state index >= 15 is 0 Å². The van der Waals surface area contributed by atoms with E-state index in [2.05, 4.69) is 12.2 Å². The molecule has 0 bridgehead atoms. The van der Waals surface area contributed by atoms with Crippen molar-refractivity contribution < 1.29 is 14.3 Å². The van der Waals surface area contributed by atoms with Crippen molar-refractivity contribution in [1.29, 1.82) is 0 Å². The Hall–Kier alpha value is -1.55. The van der Waals surface area contributed by atoms with Crippen LogP contribution in [-0.4, -0.2) is 24.0 Å². The minimum Gasteiger partial charge on any atom is -0.452 e. The molecule has 126 valence electrons. The van der Waals surface area contributed by atoms with Gasteiger partial charge in [0.05, 0.1) is 6.42 Å². The molecule has 0 unspecified atom stereocenters. The number of carbonyl (C=O) groups excluding carboxylic acids is 2. The third-order valence-electron chi connectivity index (χ3n) is 4.38. The molecule has 1 amide bonds. The molecule has 1 aromatic carbocycles. The fourth-order valence-electron chi connectivity index (χ4n) is 2.89. The summed E-state index contributed by atoms with van der Waals surface area (Å²) in [7, 11) is 0. The monoisotopic (exact) mass is 337 g/mol. The van der Waals surface area contributed by atoms with Gasteiger partial charge in [-0.3, -0.25) is 9.59 Å². The number of amides is 1. The first-order chi connectivity index (χ1) is 11.0. The summed E-state index contributed by atoms with van der Waals surface area (Å²) in [6, 6.07) is 7.19. The van der Waals surface area contributed by atoms with Gasteiger partial charge >= 0.3 is 5.97 Å². The van der Waals surface area contributed by atoms with Crippen molar-refractivity contribution in [2.75, 3.05) is 0 Å². The zero-order chi connectivity index (χ0) is 16.8. The quantitative estimate of drug-likeness (QED) is 0.836. The Labute approximate surface area is 142 Å². The predicted octanol–water partition coefficient (Wildman–Crippen LogP) is 3.51. The highest BCUT2D eigenvalue weighted by Gasteiger charge is 2.26. The van der Waals surface area contributed by atoms with Gasteiger partial charge in [0, 0.05) is 11.1 Å². The molecule has 0 radical (unpaired) electrons. The third-order valence-corrected chi connectivity index (χ3v) is 4.63. The van der Waals surface area contributed by atoms with Gasteiger partial charge in [0.15, 0.2) is 6.10 Å². The Morgan fingerprint density at radius 1 is 1.26 bits per heavy atom. The van der Waals surface area contributed by atoms with E-state index in [0.717, 1.165) is 24.8 Å². The van der Waals surface area contributed by atoms with Gasteiger partial charge in [-0.1, -0.05) is 43.5 Å². The van der Waals surface area contributed by atoms with Crippen LogP contribution in [0.15, 0.2) is 24.3 Å². The van der Waals surface area contributed by atoms with Gasteiger partial charge in [0.2, 0.25) is 0 Å². The van der Waals surface area contributed by atoms with Crippen LogP contribution < -0.4 is 5.32 Å². The van der Waals surface area contributed by atoms with Crippen molar-refractivity contribution in [3.63, 3.8) is 0 Å². The molecule has 23 heavy (non-hydrogen) atoms. The molecule has 0 saturated heterocycles. The zero-order valence-corrected chi connectivity index (χ0v) is 14.4. The topological polar surface area (TPSA) is 55.4 Å². The molecule has 1 fully saturated rings. The number of halogens is 1. The maximum atomic E-state index is 12.2. The van der Waals surface area contributed by atoms with Gasteiger partial charge in [0.1, 0.15) is 0 Å². The summed E-state index contributed by atoms with van der Waals surface area (Å²) in [5.74, 6) is -0.149. The minimum atomic E-state index is -0.774. The lowest BCUT2D eigenvalue weighted by Crippen LogP contribution is -2.46. The molecular weight excluding hydrogens is 314 g/mol. The first-order valence-electron chi connectivity index (χ1n) is 8.20. The van der Waals surface area contributed by atoms with E-state index in [0.29, 0.717) is 10.9 Å². The maximum Gasteiger partial charge on any atom is 0.311 e. The Morgan fingerprint density at radius 3 is 2.57 bits per heavy atom. The van der Waals surface area contributed by atoms with E-state index in [1.165, 1.54) is 6.42 Å². The highest BCUT2D eigenvalue weighted by atomic mass is 35.5. The number of hydrogen-bond donors (Lipinski definition) is 1. The summed E-state index contributed by atoms with van der Waals surface area (Å²) in [5.41, 5.74) is 0.813. The number of benzene rings is 1. The Balaban J connectivity index is 1.80. The van der Waals surface area contributed by atoms with Crippen molar-refractivity contribution in [3.8, 4) is 0 Å². The molecule has 0 aliphatic heterocycles. The lowest BCUT2D eigenvalue weighted by Gasteiger charge is -2.30. The average Bonchev–Trinajstić information content (AvgIpc) is 2.51. The summed E-state index contributed by atoms with van der Waals surface area (Å²) in [6.07, 6.45) is 3.85. The molecule has 3 atom stereocenters. The van der Waals surface area contributed by atoms with Gasteiger partial charge in [0.25, 0.3) is 5.91 Å². The number of rotatable bonds is 5. The predicted molar refractivity (Wildman–Crippen MR) is 90.3 cm³/mol. The lowest BCUT2D eigenvalue weighted by atomic mass is 9.86. The molecule has 1 saturated carbocycles. The highest BCUT2D eigenvalue weighted by Crippen LogP contribution is 2.23. The van der Waals surface area contributed by atoms with Crippen LogP contribution in [0.1, 0.15) is 45.1 Å². The first-order valence-corrected chi connectivity index (χ1v) is 8.58. The Morgan fingerprint density at radius 2 is 1.91 bits per heavy atom. The van der Waals surface area contributed by atoms with E-state index in [4.69, 9.17) is 16.3 Å². The van der Waals surface area contributed by atoms with Crippen LogP contribution in [0.2, 0.25) is 5.02 Å².